The molecule has 2 unspecified atom stereocenters. The number of amides is 1. The number of benzene rings is 1. The van der Waals surface area contributed by atoms with Crippen LogP contribution in [0.5, 0.6) is 5.88 Å². The minimum atomic E-state index is -0.477. The van der Waals surface area contributed by atoms with Crippen LogP contribution in [0.25, 0.3) is 10.9 Å². The van der Waals surface area contributed by atoms with Gasteiger partial charge in [0.05, 0.1) is 36.2 Å². The number of halogens is 1. The Morgan fingerprint density at radius 2 is 2.14 bits per heavy atom. The number of carbonyl (C=O) groups is 1. The van der Waals surface area contributed by atoms with Crippen molar-refractivity contribution in [2.75, 3.05) is 13.1 Å². The Bertz CT molecular complexity index is 663. The van der Waals surface area contributed by atoms with Crippen LogP contribution < -0.4 is 4.74 Å². The average molecular weight is 293 g/mol. The third-order valence-corrected chi connectivity index (χ3v) is 3.35. The summed E-state index contributed by atoms with van der Waals surface area (Å²) in [6.45, 7) is 4.76. The molecule has 1 N–H and O–H groups in total. The fourth-order valence-electron chi connectivity index (χ4n) is 2.52. The average Bonchev–Trinajstić information content (AvgIpc) is 2.80. The van der Waals surface area contributed by atoms with Gasteiger partial charge in [0.25, 0.3) is 5.88 Å². The van der Waals surface area contributed by atoms with E-state index in [2.05, 4.69) is 10.2 Å². The van der Waals surface area contributed by atoms with Gasteiger partial charge in [-0.15, -0.1) is 5.10 Å². The summed E-state index contributed by atoms with van der Waals surface area (Å²) in [5, 5.41) is 7.13. The highest BCUT2D eigenvalue weighted by Crippen LogP contribution is 2.24. The van der Waals surface area contributed by atoms with Gasteiger partial charge in [-0.2, -0.15) is 0 Å². The molecule has 0 bridgehead atoms. The van der Waals surface area contributed by atoms with E-state index in [-0.39, 0.29) is 23.9 Å². The molecule has 6 nitrogen and oxygen atoms in total. The predicted octanol–water partition coefficient (Wildman–Crippen LogP) is 2.31. The van der Waals surface area contributed by atoms with Crippen molar-refractivity contribution in [3.63, 3.8) is 0 Å². The fraction of sp³-hybridized carbons (Fsp3) is 0.429. The van der Waals surface area contributed by atoms with Crippen molar-refractivity contribution in [2.45, 2.75) is 26.1 Å². The van der Waals surface area contributed by atoms with Crippen LogP contribution in [0.4, 0.5) is 9.18 Å². The highest BCUT2D eigenvalue weighted by molar-refractivity contribution is 5.86. The molecule has 1 amide bonds. The molecule has 1 aliphatic rings. The van der Waals surface area contributed by atoms with Gasteiger partial charge >= 0.3 is 6.09 Å². The summed E-state index contributed by atoms with van der Waals surface area (Å²) in [6.07, 6.45) is -0.549. The Hall–Kier alpha value is -2.15. The van der Waals surface area contributed by atoms with Gasteiger partial charge in [-0.25, -0.2) is 9.18 Å². The Morgan fingerprint density at radius 1 is 1.43 bits per heavy atom. The normalized spacial score (nSPS) is 22.5. The first-order valence-electron chi connectivity index (χ1n) is 6.79. The summed E-state index contributed by atoms with van der Waals surface area (Å²) in [4.78, 5) is 13.8. The molecule has 1 aromatic heterocycles. The zero-order chi connectivity index (χ0) is 15.0. The molecule has 0 radical (unpaired) electrons. The van der Waals surface area contributed by atoms with Crippen LogP contribution in [-0.2, 0) is 4.74 Å². The number of rotatable bonds is 1. The van der Waals surface area contributed by atoms with Gasteiger partial charge in [-0.05, 0) is 32.0 Å². The fourth-order valence-corrected chi connectivity index (χ4v) is 2.52. The topological polar surface area (TPSA) is 67.5 Å². The number of fused-ring (bicyclic) bond motifs is 1. The number of hydrogen-bond donors (Lipinski definition) is 1. The Labute approximate surface area is 120 Å². The van der Waals surface area contributed by atoms with Crippen LogP contribution in [0, 0.1) is 5.82 Å². The number of nitrogens with one attached hydrogen (secondary N) is 1. The van der Waals surface area contributed by atoms with Crippen molar-refractivity contribution >= 4 is 17.0 Å². The van der Waals surface area contributed by atoms with E-state index in [0.29, 0.717) is 24.0 Å². The second-order valence-corrected chi connectivity index (χ2v) is 5.25. The largest absolute Gasteiger partial charge is 0.416 e. The van der Waals surface area contributed by atoms with Crippen LogP contribution in [0.2, 0.25) is 0 Å². The summed E-state index contributed by atoms with van der Waals surface area (Å²) < 4.78 is 24.0. The number of carbonyl (C=O) groups excluding carboxylic acids is 1. The smallest absolute Gasteiger partial charge is 0.389 e. The second-order valence-electron chi connectivity index (χ2n) is 5.25. The van der Waals surface area contributed by atoms with E-state index < -0.39 is 6.09 Å². The molecule has 0 aliphatic carbocycles. The lowest BCUT2D eigenvalue weighted by molar-refractivity contribution is -0.0593. The van der Waals surface area contributed by atoms with Crippen molar-refractivity contribution < 1.29 is 18.7 Å². The van der Waals surface area contributed by atoms with Gasteiger partial charge < -0.3 is 14.4 Å². The SMILES string of the molecule is CC1CN(C(=O)Oc2n[nH]c3cc(F)ccc23)CC(C)O1. The molecule has 112 valence electrons. The maximum atomic E-state index is 13.1. The first kappa shape index (κ1) is 13.8. The maximum absolute atomic E-state index is 13.1. The predicted molar refractivity (Wildman–Crippen MR) is 73.7 cm³/mol. The van der Waals surface area contributed by atoms with Gasteiger partial charge in [0, 0.05) is 0 Å². The molecule has 2 heterocycles. The third-order valence-electron chi connectivity index (χ3n) is 3.35. The van der Waals surface area contributed by atoms with E-state index in [1.807, 2.05) is 13.8 Å². The van der Waals surface area contributed by atoms with E-state index in [1.165, 1.54) is 18.2 Å². The molecule has 0 spiro atoms. The van der Waals surface area contributed by atoms with Crippen LogP contribution in [0.1, 0.15) is 13.8 Å². The van der Waals surface area contributed by atoms with Crippen molar-refractivity contribution in [3.8, 4) is 5.88 Å². The Morgan fingerprint density at radius 3 is 2.86 bits per heavy atom. The van der Waals surface area contributed by atoms with Crippen molar-refractivity contribution in [1.82, 2.24) is 15.1 Å². The molecule has 3 rings (SSSR count). The van der Waals surface area contributed by atoms with Crippen molar-refractivity contribution in [1.29, 1.82) is 0 Å². The van der Waals surface area contributed by atoms with Gasteiger partial charge in [-0.1, -0.05) is 0 Å². The molecule has 1 saturated heterocycles. The maximum Gasteiger partial charge on any atom is 0.416 e. The van der Waals surface area contributed by atoms with Gasteiger partial charge in [0.2, 0.25) is 0 Å². The molecule has 1 fully saturated rings. The van der Waals surface area contributed by atoms with Crippen LogP contribution in [0.15, 0.2) is 18.2 Å². The number of morpholine rings is 1. The van der Waals surface area contributed by atoms with Crippen LogP contribution >= 0.6 is 0 Å². The standard InChI is InChI=1S/C14H16FN3O3/c1-8-6-18(7-9(2)20-8)14(19)21-13-11-4-3-10(15)5-12(11)16-17-13/h3-5,8-9H,6-7H2,1-2H3,(H,16,17). The summed E-state index contributed by atoms with van der Waals surface area (Å²) >= 11 is 0. The molecule has 0 saturated carbocycles. The minimum Gasteiger partial charge on any atom is -0.389 e. The van der Waals surface area contributed by atoms with E-state index >= 15 is 0 Å². The molecular formula is C14H16FN3O3. The quantitative estimate of drug-likeness (QED) is 0.876. The lowest BCUT2D eigenvalue weighted by atomic mass is 10.2. The van der Waals surface area contributed by atoms with Gasteiger partial charge in [-0.3, -0.25) is 5.10 Å². The molecule has 1 aliphatic heterocycles. The number of aromatic nitrogens is 2. The van der Waals surface area contributed by atoms with E-state index in [4.69, 9.17) is 9.47 Å². The second kappa shape index (κ2) is 5.33. The molecule has 7 heteroatoms. The molecule has 1 aromatic carbocycles. The van der Waals surface area contributed by atoms with E-state index in [9.17, 15) is 9.18 Å². The zero-order valence-corrected chi connectivity index (χ0v) is 11.8. The van der Waals surface area contributed by atoms with E-state index in [0.717, 1.165) is 0 Å². The Balaban J connectivity index is 1.77. The number of ether oxygens (including phenoxy) is 2. The molecule has 2 atom stereocenters. The summed E-state index contributed by atoms with van der Waals surface area (Å²) in [5.41, 5.74) is 0.488. The van der Waals surface area contributed by atoms with Crippen LogP contribution in [-0.4, -0.2) is 46.5 Å². The minimum absolute atomic E-state index is 0.0358. The monoisotopic (exact) mass is 293 g/mol. The molecule has 2 aromatic rings. The third kappa shape index (κ3) is 2.82. The zero-order valence-electron chi connectivity index (χ0n) is 11.8. The number of nitrogens with zero attached hydrogens (tertiary/aromatic N) is 2. The van der Waals surface area contributed by atoms with Crippen LogP contribution in [0.3, 0.4) is 0 Å². The molecular weight excluding hydrogens is 277 g/mol. The van der Waals surface area contributed by atoms with Gasteiger partial charge in [0.1, 0.15) is 5.82 Å². The van der Waals surface area contributed by atoms with Crippen molar-refractivity contribution in [3.05, 3.63) is 24.0 Å². The first-order valence-corrected chi connectivity index (χ1v) is 6.79. The number of H-pyrrole nitrogens is 1. The Kier molecular flexibility index (Phi) is 3.50. The summed E-state index contributed by atoms with van der Waals surface area (Å²) in [7, 11) is 0. The summed E-state index contributed by atoms with van der Waals surface area (Å²) in [6, 6.07) is 4.13. The first-order chi connectivity index (χ1) is 10.0. The highest BCUT2D eigenvalue weighted by Gasteiger charge is 2.28. The number of aromatic amines is 1. The van der Waals surface area contributed by atoms with Crippen molar-refractivity contribution in [2.24, 2.45) is 0 Å². The number of hydrogen-bond acceptors (Lipinski definition) is 4. The lowest BCUT2D eigenvalue weighted by Crippen LogP contribution is -2.49. The highest BCUT2D eigenvalue weighted by atomic mass is 19.1. The van der Waals surface area contributed by atoms with E-state index in [1.54, 1.807) is 4.90 Å². The summed E-state index contributed by atoms with van der Waals surface area (Å²) in [5.74, 6) is -0.221. The lowest BCUT2D eigenvalue weighted by Gasteiger charge is -2.34. The molecule has 21 heavy (non-hydrogen) atoms. The van der Waals surface area contributed by atoms with Gasteiger partial charge in [0.15, 0.2) is 0 Å².